The Bertz CT molecular complexity index is 941. The molecule has 1 atom stereocenters. The predicted octanol–water partition coefficient (Wildman–Crippen LogP) is 2.99. The van der Waals surface area contributed by atoms with Crippen LogP contribution in [0.3, 0.4) is 0 Å². The van der Waals surface area contributed by atoms with Crippen LogP contribution in [0.1, 0.15) is 24.5 Å². The van der Waals surface area contributed by atoms with Crippen LogP contribution in [0.2, 0.25) is 0 Å². The van der Waals surface area contributed by atoms with Gasteiger partial charge in [0.05, 0.1) is 18.7 Å². The van der Waals surface area contributed by atoms with Crippen molar-refractivity contribution in [3.8, 4) is 5.75 Å². The maximum absolute atomic E-state index is 12.4. The quantitative estimate of drug-likeness (QED) is 0.786. The van der Waals surface area contributed by atoms with Gasteiger partial charge in [-0.05, 0) is 50.1 Å². The van der Waals surface area contributed by atoms with Crippen LogP contribution in [0.4, 0.5) is 11.4 Å². The number of hydrogen-bond donors (Lipinski definition) is 1. The number of ether oxygens (including phenoxy) is 2. The van der Waals surface area contributed by atoms with Gasteiger partial charge in [-0.25, -0.2) is 0 Å². The molecule has 2 aromatic carbocycles. The first-order chi connectivity index (χ1) is 13.8. The minimum Gasteiger partial charge on any atom is -0.491 e. The Morgan fingerprint density at radius 2 is 1.97 bits per heavy atom. The number of aryl methyl sites for hydroxylation is 2. The van der Waals surface area contributed by atoms with Crippen molar-refractivity contribution in [1.29, 1.82) is 0 Å². The number of para-hydroxylation sites is 2. The number of benzene rings is 2. The molecular formula is C22H24N2O5. The predicted molar refractivity (Wildman–Crippen MR) is 109 cm³/mol. The van der Waals surface area contributed by atoms with E-state index in [2.05, 4.69) is 5.32 Å². The summed E-state index contributed by atoms with van der Waals surface area (Å²) in [6, 6.07) is 12.7. The number of fused-ring (bicyclic) bond motifs is 1. The molecule has 0 aliphatic carbocycles. The molecule has 3 rings (SSSR count). The summed E-state index contributed by atoms with van der Waals surface area (Å²) in [5, 5.41) is 2.78. The van der Waals surface area contributed by atoms with Crippen LogP contribution in [-0.2, 0) is 19.1 Å². The molecule has 7 nitrogen and oxygen atoms in total. The Labute approximate surface area is 169 Å². The third-order valence-electron chi connectivity index (χ3n) is 4.65. The van der Waals surface area contributed by atoms with Crippen LogP contribution in [0.5, 0.6) is 5.75 Å². The van der Waals surface area contributed by atoms with E-state index < -0.39 is 18.0 Å². The van der Waals surface area contributed by atoms with Crippen LogP contribution in [0, 0.1) is 13.8 Å². The lowest BCUT2D eigenvalue weighted by molar-refractivity contribution is -0.152. The highest BCUT2D eigenvalue weighted by atomic mass is 16.5. The molecule has 0 aromatic heterocycles. The van der Waals surface area contributed by atoms with Gasteiger partial charge in [0.15, 0.2) is 6.10 Å². The van der Waals surface area contributed by atoms with Crippen LogP contribution >= 0.6 is 0 Å². The maximum atomic E-state index is 12.4. The van der Waals surface area contributed by atoms with E-state index in [1.807, 2.05) is 32.0 Å². The van der Waals surface area contributed by atoms with Crippen molar-refractivity contribution in [1.82, 2.24) is 0 Å². The topological polar surface area (TPSA) is 84.9 Å². The summed E-state index contributed by atoms with van der Waals surface area (Å²) in [6.07, 6.45) is -0.846. The van der Waals surface area contributed by atoms with Crippen LogP contribution in [0.15, 0.2) is 42.5 Å². The van der Waals surface area contributed by atoms with Gasteiger partial charge < -0.3 is 14.8 Å². The van der Waals surface area contributed by atoms with Crippen molar-refractivity contribution in [2.24, 2.45) is 0 Å². The third kappa shape index (κ3) is 4.93. The summed E-state index contributed by atoms with van der Waals surface area (Å²) in [5.74, 6) is -0.803. The lowest BCUT2D eigenvalue weighted by atomic mass is 10.1. The molecule has 0 radical (unpaired) electrons. The standard InChI is InChI=1S/C22H24N2O5/c1-14-8-9-15(2)17(12-14)23-22(27)16(3)29-21(26)13-24-18-6-4-5-7-19(18)28-11-10-20(24)25/h4-9,12,16H,10-11,13H2,1-3H3,(H,23,27)/t16-/m1/s1. The molecule has 0 bridgehead atoms. The number of nitrogens with one attached hydrogen (secondary N) is 1. The Morgan fingerprint density at radius 3 is 2.76 bits per heavy atom. The molecule has 0 saturated carbocycles. The highest BCUT2D eigenvalue weighted by Crippen LogP contribution is 2.30. The molecule has 152 valence electrons. The normalized spacial score (nSPS) is 14.3. The average Bonchev–Trinajstić information content (AvgIpc) is 2.84. The minimum atomic E-state index is -1.00. The van der Waals surface area contributed by atoms with Crippen LogP contribution in [-0.4, -0.2) is 37.0 Å². The van der Waals surface area contributed by atoms with E-state index in [4.69, 9.17) is 9.47 Å². The molecule has 0 saturated heterocycles. The zero-order valence-corrected chi connectivity index (χ0v) is 16.7. The van der Waals surface area contributed by atoms with Gasteiger partial charge in [-0.15, -0.1) is 0 Å². The van der Waals surface area contributed by atoms with Crippen molar-refractivity contribution in [2.75, 3.05) is 23.4 Å². The van der Waals surface area contributed by atoms with E-state index in [0.29, 0.717) is 17.1 Å². The van der Waals surface area contributed by atoms with Gasteiger partial charge in [0, 0.05) is 5.69 Å². The van der Waals surface area contributed by atoms with E-state index in [9.17, 15) is 14.4 Å². The van der Waals surface area contributed by atoms with Crippen molar-refractivity contribution in [2.45, 2.75) is 33.3 Å². The molecule has 1 N–H and O–H groups in total. The molecule has 7 heteroatoms. The highest BCUT2D eigenvalue weighted by molar-refractivity contribution is 6.00. The first kappa shape index (κ1) is 20.4. The third-order valence-corrected chi connectivity index (χ3v) is 4.65. The second-order valence-electron chi connectivity index (χ2n) is 6.99. The first-order valence-corrected chi connectivity index (χ1v) is 9.45. The Balaban J connectivity index is 1.64. The van der Waals surface area contributed by atoms with Crippen molar-refractivity contribution in [3.63, 3.8) is 0 Å². The monoisotopic (exact) mass is 396 g/mol. The Kier molecular flexibility index (Phi) is 6.16. The fourth-order valence-electron chi connectivity index (χ4n) is 3.02. The lowest BCUT2D eigenvalue weighted by Gasteiger charge is -2.22. The summed E-state index contributed by atoms with van der Waals surface area (Å²) < 4.78 is 10.8. The summed E-state index contributed by atoms with van der Waals surface area (Å²) in [5.41, 5.74) is 3.11. The number of carbonyl (C=O) groups excluding carboxylic acids is 3. The smallest absolute Gasteiger partial charge is 0.326 e. The number of amides is 2. The van der Waals surface area contributed by atoms with Crippen molar-refractivity contribution >= 4 is 29.2 Å². The zero-order valence-electron chi connectivity index (χ0n) is 16.7. The average molecular weight is 396 g/mol. The molecule has 29 heavy (non-hydrogen) atoms. The first-order valence-electron chi connectivity index (χ1n) is 9.45. The second-order valence-corrected chi connectivity index (χ2v) is 6.99. The van der Waals surface area contributed by atoms with Gasteiger partial charge in [-0.3, -0.25) is 19.3 Å². The number of nitrogens with zero attached hydrogens (tertiary/aromatic N) is 1. The molecule has 0 unspecified atom stereocenters. The largest absolute Gasteiger partial charge is 0.491 e. The van der Waals surface area contributed by atoms with Crippen LogP contribution in [0.25, 0.3) is 0 Å². The summed E-state index contributed by atoms with van der Waals surface area (Å²) in [7, 11) is 0. The van der Waals surface area contributed by atoms with E-state index >= 15 is 0 Å². The molecule has 0 fully saturated rings. The summed E-state index contributed by atoms with van der Waals surface area (Å²) in [4.78, 5) is 38.6. The van der Waals surface area contributed by atoms with Gasteiger partial charge in [0.25, 0.3) is 5.91 Å². The van der Waals surface area contributed by atoms with Crippen LogP contribution < -0.4 is 15.0 Å². The Hall–Kier alpha value is -3.35. The van der Waals surface area contributed by atoms with E-state index in [-0.39, 0.29) is 25.5 Å². The lowest BCUT2D eigenvalue weighted by Crippen LogP contribution is -2.39. The minimum absolute atomic E-state index is 0.157. The van der Waals surface area contributed by atoms with Crippen molar-refractivity contribution in [3.05, 3.63) is 53.6 Å². The molecule has 2 amide bonds. The molecule has 1 heterocycles. The van der Waals surface area contributed by atoms with E-state index in [0.717, 1.165) is 11.1 Å². The zero-order chi connectivity index (χ0) is 21.0. The molecular weight excluding hydrogens is 372 g/mol. The summed E-state index contributed by atoms with van der Waals surface area (Å²) >= 11 is 0. The van der Waals surface area contributed by atoms with E-state index in [1.165, 1.54) is 11.8 Å². The number of anilines is 2. The highest BCUT2D eigenvalue weighted by Gasteiger charge is 2.27. The fourth-order valence-corrected chi connectivity index (χ4v) is 3.02. The number of carbonyl (C=O) groups is 3. The van der Waals surface area contributed by atoms with Gasteiger partial charge in [0.2, 0.25) is 5.91 Å². The number of esters is 1. The van der Waals surface area contributed by atoms with Gasteiger partial charge >= 0.3 is 5.97 Å². The molecule has 2 aromatic rings. The van der Waals surface area contributed by atoms with E-state index in [1.54, 1.807) is 24.3 Å². The molecule has 1 aliphatic heterocycles. The number of rotatable bonds is 5. The molecule has 1 aliphatic rings. The van der Waals surface area contributed by atoms with Gasteiger partial charge in [0.1, 0.15) is 12.3 Å². The Morgan fingerprint density at radius 1 is 1.21 bits per heavy atom. The molecule has 0 spiro atoms. The number of hydrogen-bond acceptors (Lipinski definition) is 5. The second kappa shape index (κ2) is 8.77. The van der Waals surface area contributed by atoms with Gasteiger partial charge in [-0.1, -0.05) is 24.3 Å². The SMILES string of the molecule is Cc1ccc(C)c(NC(=O)[C@@H](C)OC(=O)CN2C(=O)CCOc3ccccc32)c1. The fraction of sp³-hybridized carbons (Fsp3) is 0.318. The summed E-state index contributed by atoms with van der Waals surface area (Å²) in [6.45, 7) is 5.27. The van der Waals surface area contributed by atoms with Crippen molar-refractivity contribution < 1.29 is 23.9 Å². The maximum Gasteiger partial charge on any atom is 0.326 e. The van der Waals surface area contributed by atoms with Gasteiger partial charge in [-0.2, -0.15) is 0 Å².